The number of benzene rings is 1. The molecule has 0 atom stereocenters. The molecule has 0 aliphatic carbocycles. The largest absolute Gasteiger partial charge is 0.478 e. The number of aromatic carboxylic acids is 1. The Labute approximate surface area is 157 Å². The molecule has 0 spiro atoms. The maximum Gasteiger partial charge on any atom is 0.337 e. The van der Waals surface area contributed by atoms with Gasteiger partial charge in [0.05, 0.1) is 21.7 Å². The maximum atomic E-state index is 11.2. The van der Waals surface area contributed by atoms with Crippen LogP contribution in [0.1, 0.15) is 16.1 Å². The maximum absolute atomic E-state index is 11.2. The molecule has 0 amide bonds. The third-order valence-electron chi connectivity index (χ3n) is 3.44. The first-order valence-corrected chi connectivity index (χ1v) is 7.84. The highest BCUT2D eigenvalue weighted by Crippen LogP contribution is 2.26. The summed E-state index contributed by atoms with van der Waals surface area (Å²) >= 11 is 5.85. The normalized spacial score (nSPS) is 10.9. The zero-order valence-corrected chi connectivity index (χ0v) is 14.3. The highest BCUT2D eigenvalue weighted by molar-refractivity contribution is 6.33. The van der Waals surface area contributed by atoms with Crippen LogP contribution in [0.4, 0.5) is 11.5 Å². The first-order chi connectivity index (χ1) is 12.9. The summed E-state index contributed by atoms with van der Waals surface area (Å²) in [5.41, 5.74) is 3.03. The molecule has 10 heteroatoms. The van der Waals surface area contributed by atoms with Crippen molar-refractivity contribution in [3.05, 3.63) is 75.1 Å². The van der Waals surface area contributed by atoms with Crippen molar-refractivity contribution in [3.8, 4) is 11.3 Å². The number of rotatable bonds is 6. The fraction of sp³-hybridized carbons (Fsp3) is 0. The van der Waals surface area contributed by atoms with E-state index in [9.17, 15) is 14.9 Å². The third-order valence-corrected chi connectivity index (χ3v) is 3.77. The summed E-state index contributed by atoms with van der Waals surface area (Å²) in [5, 5.41) is 23.8. The van der Waals surface area contributed by atoms with Crippen LogP contribution in [0.5, 0.6) is 0 Å². The molecular formula is C17H11ClN4O5. The predicted octanol–water partition coefficient (Wildman–Crippen LogP) is 4.05. The molecule has 3 rings (SSSR count). The molecule has 1 aromatic carbocycles. The molecule has 0 aliphatic rings. The quantitative estimate of drug-likeness (QED) is 0.371. The molecule has 0 saturated carbocycles. The first-order valence-electron chi connectivity index (χ1n) is 7.46. The van der Waals surface area contributed by atoms with Crippen molar-refractivity contribution < 1.29 is 19.2 Å². The van der Waals surface area contributed by atoms with Crippen LogP contribution in [0.3, 0.4) is 0 Å². The number of pyridine rings is 1. The van der Waals surface area contributed by atoms with Gasteiger partial charge in [-0.05, 0) is 36.4 Å². The van der Waals surface area contributed by atoms with E-state index in [1.807, 2.05) is 0 Å². The molecule has 2 heterocycles. The van der Waals surface area contributed by atoms with Gasteiger partial charge < -0.3 is 9.52 Å². The molecule has 136 valence electrons. The van der Waals surface area contributed by atoms with E-state index >= 15 is 0 Å². The zero-order chi connectivity index (χ0) is 19.4. The number of halogens is 1. The highest BCUT2D eigenvalue weighted by atomic mass is 35.5. The van der Waals surface area contributed by atoms with Crippen molar-refractivity contribution in [1.29, 1.82) is 0 Å². The second kappa shape index (κ2) is 7.67. The van der Waals surface area contributed by atoms with Gasteiger partial charge in [0.25, 0.3) is 5.69 Å². The molecule has 0 fully saturated rings. The van der Waals surface area contributed by atoms with E-state index in [1.54, 1.807) is 18.2 Å². The summed E-state index contributed by atoms with van der Waals surface area (Å²) in [6, 6.07) is 10.6. The minimum Gasteiger partial charge on any atom is -0.478 e. The average Bonchev–Trinajstić information content (AvgIpc) is 3.11. The van der Waals surface area contributed by atoms with Crippen molar-refractivity contribution in [1.82, 2.24) is 4.98 Å². The van der Waals surface area contributed by atoms with Crippen molar-refractivity contribution in [2.45, 2.75) is 0 Å². The zero-order valence-electron chi connectivity index (χ0n) is 13.5. The minimum atomic E-state index is -1.13. The smallest absolute Gasteiger partial charge is 0.337 e. The number of nitro groups is 1. The summed E-state index contributed by atoms with van der Waals surface area (Å²) < 4.78 is 5.60. The predicted molar refractivity (Wildman–Crippen MR) is 98.2 cm³/mol. The van der Waals surface area contributed by atoms with E-state index in [-0.39, 0.29) is 16.3 Å². The van der Waals surface area contributed by atoms with Crippen molar-refractivity contribution in [2.75, 3.05) is 5.43 Å². The van der Waals surface area contributed by atoms with E-state index in [4.69, 9.17) is 21.1 Å². The Bertz CT molecular complexity index is 1030. The van der Waals surface area contributed by atoms with Gasteiger partial charge >= 0.3 is 5.97 Å². The van der Waals surface area contributed by atoms with Gasteiger partial charge in [-0.1, -0.05) is 11.6 Å². The number of anilines is 1. The van der Waals surface area contributed by atoms with E-state index in [0.717, 1.165) is 6.20 Å². The summed E-state index contributed by atoms with van der Waals surface area (Å²) in [7, 11) is 0. The average molecular weight is 387 g/mol. The Balaban J connectivity index is 1.70. The molecular weight excluding hydrogens is 376 g/mol. The first kappa shape index (κ1) is 18.1. The van der Waals surface area contributed by atoms with Crippen LogP contribution in [0.15, 0.2) is 58.2 Å². The Morgan fingerprint density at radius 2 is 2.11 bits per heavy atom. The molecule has 2 N–H and O–H groups in total. The lowest BCUT2D eigenvalue weighted by Crippen LogP contribution is -1.97. The molecule has 0 saturated heterocycles. The van der Waals surface area contributed by atoms with Crippen LogP contribution in [-0.4, -0.2) is 27.2 Å². The van der Waals surface area contributed by atoms with Gasteiger partial charge in [0.1, 0.15) is 23.5 Å². The molecule has 2 aromatic heterocycles. The Morgan fingerprint density at radius 3 is 2.78 bits per heavy atom. The molecule has 0 aliphatic heterocycles. The van der Waals surface area contributed by atoms with E-state index in [1.165, 1.54) is 30.5 Å². The number of hydrazone groups is 1. The van der Waals surface area contributed by atoms with Crippen LogP contribution in [0.2, 0.25) is 5.02 Å². The number of aromatic nitrogens is 1. The third kappa shape index (κ3) is 4.28. The summed E-state index contributed by atoms with van der Waals surface area (Å²) in [6.07, 6.45) is 2.50. The lowest BCUT2D eigenvalue weighted by Gasteiger charge is -2.02. The van der Waals surface area contributed by atoms with Crippen LogP contribution in [0.25, 0.3) is 11.3 Å². The lowest BCUT2D eigenvalue weighted by atomic mass is 10.1. The molecule has 3 aromatic rings. The molecule has 0 bridgehead atoms. The Hall–Kier alpha value is -3.72. The molecule has 27 heavy (non-hydrogen) atoms. The minimum absolute atomic E-state index is 0.0216. The standard InChI is InChI=1S/C17H11ClN4O5/c18-14-4-1-10(7-13(14)17(23)24)15-5-3-12(27-15)9-20-21-16-6-2-11(8-19-16)22(25)26/h1-9H,(H,19,21)(H,23,24). The number of hydrogen-bond donors (Lipinski definition) is 2. The number of carboxylic acids is 1. The number of nitrogens with zero attached hydrogens (tertiary/aromatic N) is 3. The SMILES string of the molecule is O=C(O)c1cc(-c2ccc(C=NNc3ccc([N+](=O)[O-])cn3)o2)ccc1Cl. The number of carboxylic acid groups (broad SMARTS) is 1. The van der Waals surface area contributed by atoms with Crippen molar-refractivity contribution in [2.24, 2.45) is 5.10 Å². The van der Waals surface area contributed by atoms with E-state index < -0.39 is 10.9 Å². The summed E-state index contributed by atoms with van der Waals surface area (Å²) in [6.45, 7) is 0. The van der Waals surface area contributed by atoms with Gasteiger partial charge in [0.2, 0.25) is 0 Å². The van der Waals surface area contributed by atoms with Crippen LogP contribution >= 0.6 is 11.6 Å². The van der Waals surface area contributed by atoms with Gasteiger partial charge in [-0.25, -0.2) is 9.78 Å². The number of carbonyl (C=O) groups is 1. The lowest BCUT2D eigenvalue weighted by molar-refractivity contribution is -0.385. The van der Waals surface area contributed by atoms with Gasteiger partial charge in [-0.15, -0.1) is 0 Å². The van der Waals surface area contributed by atoms with E-state index in [0.29, 0.717) is 22.9 Å². The number of hydrogen-bond acceptors (Lipinski definition) is 7. The number of nitrogens with one attached hydrogen (secondary N) is 1. The summed E-state index contributed by atoms with van der Waals surface area (Å²) in [4.78, 5) is 25.0. The van der Waals surface area contributed by atoms with Gasteiger partial charge in [0.15, 0.2) is 0 Å². The monoisotopic (exact) mass is 386 g/mol. The van der Waals surface area contributed by atoms with Gasteiger partial charge in [0, 0.05) is 11.6 Å². The van der Waals surface area contributed by atoms with Crippen LogP contribution in [0, 0.1) is 10.1 Å². The molecule has 0 unspecified atom stereocenters. The fourth-order valence-corrected chi connectivity index (χ4v) is 2.34. The molecule has 9 nitrogen and oxygen atoms in total. The van der Waals surface area contributed by atoms with Crippen LogP contribution in [-0.2, 0) is 0 Å². The van der Waals surface area contributed by atoms with Gasteiger partial charge in [-0.2, -0.15) is 5.10 Å². The van der Waals surface area contributed by atoms with Crippen molar-refractivity contribution >= 4 is 35.3 Å². The van der Waals surface area contributed by atoms with E-state index in [2.05, 4.69) is 15.5 Å². The van der Waals surface area contributed by atoms with Gasteiger partial charge in [-0.3, -0.25) is 15.5 Å². The van der Waals surface area contributed by atoms with Crippen molar-refractivity contribution in [3.63, 3.8) is 0 Å². The second-order valence-corrected chi connectivity index (χ2v) is 5.64. The molecule has 0 radical (unpaired) electrons. The summed E-state index contributed by atoms with van der Waals surface area (Å²) in [5.74, 6) is 0.0535. The van der Waals surface area contributed by atoms with Crippen LogP contribution < -0.4 is 5.43 Å². The highest BCUT2D eigenvalue weighted by Gasteiger charge is 2.12. The second-order valence-electron chi connectivity index (χ2n) is 5.23. The Kier molecular flexibility index (Phi) is 5.13. The fourth-order valence-electron chi connectivity index (χ4n) is 2.14. The topological polar surface area (TPSA) is 131 Å². The number of furan rings is 1. The Morgan fingerprint density at radius 1 is 1.30 bits per heavy atom.